The van der Waals surface area contributed by atoms with Crippen molar-refractivity contribution in [2.24, 2.45) is 10.2 Å². The third kappa shape index (κ3) is 3.55. The van der Waals surface area contributed by atoms with Gasteiger partial charge in [-0.05, 0) is 11.1 Å². The predicted octanol–water partition coefficient (Wildman–Crippen LogP) is -2.10. The number of aldehydes is 1. The van der Waals surface area contributed by atoms with E-state index in [-0.39, 0.29) is 6.29 Å². The lowest BCUT2D eigenvalue weighted by Crippen LogP contribution is -2.53. The SMILES string of the molecule is [N-]=[N+]=NC(O)(N=[N+]=[N-])[C@@H](O)[C@@H](O)[C@H](O)[C@H](O)C=O. The number of hydrogen-bond donors (Lipinski definition) is 5. The Morgan fingerprint density at radius 1 is 1.06 bits per heavy atom. The van der Waals surface area contributed by atoms with E-state index >= 15 is 0 Å². The third-order valence-electron chi connectivity index (χ3n) is 1.94. The first-order valence-corrected chi connectivity index (χ1v) is 4.36. The Kier molecular flexibility index (Phi) is 6.02. The number of aliphatic hydroxyl groups excluding tert-OH is 4. The molecule has 12 heteroatoms. The summed E-state index contributed by atoms with van der Waals surface area (Å²) in [4.78, 5) is 14.3. The smallest absolute Gasteiger partial charge is 0.251 e. The van der Waals surface area contributed by atoms with Crippen LogP contribution in [0.1, 0.15) is 0 Å². The van der Waals surface area contributed by atoms with E-state index in [9.17, 15) is 25.2 Å². The molecule has 0 radical (unpaired) electrons. The normalized spacial score (nSPS) is 20.3. The molecule has 0 aromatic rings. The molecule has 0 amide bonds. The molecule has 0 aliphatic carbocycles. The molecule has 12 nitrogen and oxygen atoms in total. The number of rotatable bonds is 7. The van der Waals surface area contributed by atoms with Gasteiger partial charge in [0, 0.05) is 9.82 Å². The molecule has 0 aliphatic heterocycles. The van der Waals surface area contributed by atoms with Crippen molar-refractivity contribution in [3.8, 4) is 0 Å². The molecule has 0 fully saturated rings. The summed E-state index contributed by atoms with van der Waals surface area (Å²) in [5.74, 6) is -3.12. The highest BCUT2D eigenvalue weighted by molar-refractivity contribution is 5.56. The van der Waals surface area contributed by atoms with Gasteiger partial charge >= 0.3 is 0 Å². The van der Waals surface area contributed by atoms with Gasteiger partial charge < -0.3 is 30.3 Å². The van der Waals surface area contributed by atoms with E-state index in [2.05, 4.69) is 20.1 Å². The van der Waals surface area contributed by atoms with E-state index in [1.807, 2.05) is 0 Å². The fourth-order valence-corrected chi connectivity index (χ4v) is 0.968. The molecule has 5 N–H and O–H groups in total. The monoisotopic (exact) mass is 262 g/mol. The molecule has 0 rings (SSSR count). The molecular formula is C6H10N6O6. The van der Waals surface area contributed by atoms with E-state index in [0.717, 1.165) is 0 Å². The highest BCUT2D eigenvalue weighted by atomic mass is 16.4. The van der Waals surface area contributed by atoms with Crippen molar-refractivity contribution in [2.45, 2.75) is 30.3 Å². The predicted molar refractivity (Wildman–Crippen MR) is 53.3 cm³/mol. The zero-order valence-corrected chi connectivity index (χ0v) is 8.71. The van der Waals surface area contributed by atoms with Crippen molar-refractivity contribution in [3.63, 3.8) is 0 Å². The molecule has 0 spiro atoms. The summed E-state index contributed by atoms with van der Waals surface area (Å²) in [6.45, 7) is 0. The quantitative estimate of drug-likeness (QED) is 0.149. The van der Waals surface area contributed by atoms with Gasteiger partial charge in [-0.1, -0.05) is 10.2 Å². The van der Waals surface area contributed by atoms with Crippen LogP contribution >= 0.6 is 0 Å². The molecule has 0 aliphatic rings. The van der Waals surface area contributed by atoms with Crippen LogP contribution < -0.4 is 0 Å². The van der Waals surface area contributed by atoms with E-state index in [4.69, 9.17) is 16.2 Å². The first-order valence-electron chi connectivity index (χ1n) is 4.36. The second kappa shape index (κ2) is 6.74. The van der Waals surface area contributed by atoms with Gasteiger partial charge in [0.1, 0.15) is 24.4 Å². The van der Waals surface area contributed by atoms with Crippen LogP contribution in [0.5, 0.6) is 0 Å². The summed E-state index contributed by atoms with van der Waals surface area (Å²) in [6.07, 6.45) is -9.16. The van der Waals surface area contributed by atoms with E-state index in [0.29, 0.717) is 0 Å². The van der Waals surface area contributed by atoms with Crippen LogP contribution in [0.2, 0.25) is 0 Å². The number of carbonyl (C=O) groups is 1. The highest BCUT2D eigenvalue weighted by Gasteiger charge is 2.43. The van der Waals surface area contributed by atoms with E-state index in [1.54, 1.807) is 0 Å². The van der Waals surface area contributed by atoms with Gasteiger partial charge in [-0.25, -0.2) is 0 Å². The zero-order valence-electron chi connectivity index (χ0n) is 8.71. The maximum atomic E-state index is 10.1. The van der Waals surface area contributed by atoms with Crippen molar-refractivity contribution in [3.05, 3.63) is 20.9 Å². The standard InChI is InChI=1S/C6H10N6O6/c7-11-9-6(18,10-12-8)5(17)4(16)3(15)2(14)1-13/h1-5,14-18H/t2-,3-,4+,5+/m1/s1. The summed E-state index contributed by atoms with van der Waals surface area (Å²) in [7, 11) is 0. The Hall–Kier alpha value is -1.91. The van der Waals surface area contributed by atoms with Gasteiger partial charge in [0.25, 0.3) is 5.85 Å². The topological polar surface area (TPSA) is 216 Å². The van der Waals surface area contributed by atoms with Gasteiger partial charge in [0.15, 0.2) is 6.29 Å². The van der Waals surface area contributed by atoms with E-state index < -0.39 is 30.3 Å². The lowest BCUT2D eigenvalue weighted by molar-refractivity contribution is -0.166. The molecule has 100 valence electrons. The van der Waals surface area contributed by atoms with Crippen LogP contribution in [-0.2, 0) is 4.79 Å². The minimum absolute atomic E-state index is 0.138. The van der Waals surface area contributed by atoms with Crippen molar-refractivity contribution in [1.82, 2.24) is 0 Å². The second-order valence-corrected chi connectivity index (χ2v) is 3.12. The number of carbonyl (C=O) groups excluding carboxylic acids is 1. The average Bonchev–Trinajstić information content (AvgIpc) is 2.35. The van der Waals surface area contributed by atoms with Crippen LogP contribution in [-0.4, -0.2) is 62.1 Å². The minimum Gasteiger partial charge on any atom is -0.387 e. The molecule has 0 saturated carbocycles. The zero-order chi connectivity index (χ0) is 14.3. The van der Waals surface area contributed by atoms with Crippen LogP contribution in [0.4, 0.5) is 0 Å². The minimum atomic E-state index is -3.12. The summed E-state index contributed by atoms with van der Waals surface area (Å²) in [5.41, 5.74) is 16.2. The van der Waals surface area contributed by atoms with Crippen molar-refractivity contribution >= 4 is 6.29 Å². The van der Waals surface area contributed by atoms with Crippen LogP contribution in [0.3, 0.4) is 0 Å². The van der Waals surface area contributed by atoms with Crippen LogP contribution in [0.25, 0.3) is 20.9 Å². The number of nitrogens with zero attached hydrogens (tertiary/aromatic N) is 6. The van der Waals surface area contributed by atoms with Gasteiger partial charge in [0.05, 0.1) is 0 Å². The number of hydrogen-bond acceptors (Lipinski definition) is 8. The first-order chi connectivity index (χ1) is 8.33. The fourth-order valence-electron chi connectivity index (χ4n) is 0.968. The van der Waals surface area contributed by atoms with Crippen molar-refractivity contribution in [1.29, 1.82) is 0 Å². The van der Waals surface area contributed by atoms with Gasteiger partial charge in [0.2, 0.25) is 0 Å². The molecule has 0 saturated heterocycles. The summed E-state index contributed by atoms with van der Waals surface area (Å²) in [6, 6.07) is 0. The largest absolute Gasteiger partial charge is 0.387 e. The average molecular weight is 262 g/mol. The van der Waals surface area contributed by atoms with E-state index in [1.165, 1.54) is 0 Å². The molecule has 0 aromatic carbocycles. The summed E-state index contributed by atoms with van der Waals surface area (Å²) < 4.78 is 0. The van der Waals surface area contributed by atoms with Gasteiger partial charge in [-0.3, -0.25) is 0 Å². The first kappa shape index (κ1) is 16.1. The lowest BCUT2D eigenvalue weighted by Gasteiger charge is -2.30. The molecule has 4 atom stereocenters. The fraction of sp³-hybridized carbons (Fsp3) is 0.833. The summed E-state index contributed by atoms with van der Waals surface area (Å²) in [5, 5.41) is 51.3. The molecule has 0 unspecified atom stereocenters. The Morgan fingerprint density at radius 3 is 1.83 bits per heavy atom. The third-order valence-corrected chi connectivity index (χ3v) is 1.94. The Balaban J connectivity index is 5.21. The van der Waals surface area contributed by atoms with Crippen molar-refractivity contribution in [2.75, 3.05) is 0 Å². The molecule has 18 heavy (non-hydrogen) atoms. The molecule has 0 aromatic heterocycles. The maximum Gasteiger partial charge on any atom is 0.251 e. The second-order valence-electron chi connectivity index (χ2n) is 3.12. The number of aliphatic hydroxyl groups is 5. The van der Waals surface area contributed by atoms with Gasteiger partial charge in [-0.15, -0.1) is 0 Å². The van der Waals surface area contributed by atoms with Crippen LogP contribution in [0.15, 0.2) is 10.2 Å². The maximum absolute atomic E-state index is 10.1. The molecule has 0 bridgehead atoms. The Labute approximate surface area is 99.0 Å². The highest BCUT2D eigenvalue weighted by Crippen LogP contribution is 2.20. The van der Waals surface area contributed by atoms with Crippen molar-refractivity contribution < 1.29 is 30.3 Å². The van der Waals surface area contributed by atoms with Gasteiger partial charge in [-0.2, -0.15) is 0 Å². The molecular weight excluding hydrogens is 252 g/mol. The Bertz CT molecular complexity index is 372. The lowest BCUT2D eigenvalue weighted by atomic mass is 10.0. The molecule has 0 heterocycles. The van der Waals surface area contributed by atoms with Crippen LogP contribution in [0, 0.1) is 0 Å². The summed E-state index contributed by atoms with van der Waals surface area (Å²) >= 11 is 0. The Morgan fingerprint density at radius 2 is 1.50 bits per heavy atom. The number of azide groups is 1.